The van der Waals surface area contributed by atoms with Gasteiger partial charge in [0.15, 0.2) is 0 Å². The molecule has 1 fully saturated rings. The summed E-state index contributed by atoms with van der Waals surface area (Å²) in [5, 5.41) is 1.15. The molecular formula is C30H32N2O4. The normalized spacial score (nSPS) is 14.6. The molecule has 0 N–H and O–H groups in total. The van der Waals surface area contributed by atoms with Crippen molar-refractivity contribution in [3.8, 4) is 11.5 Å². The van der Waals surface area contributed by atoms with Gasteiger partial charge in [0.25, 0.3) is 0 Å². The van der Waals surface area contributed by atoms with Crippen LogP contribution in [0.25, 0.3) is 10.9 Å². The SMILES string of the molecule is COc1cc(OC)cc([C@H](CC(=O)N2CCOCC2)c2cn(Cc3ccccc3)c3ccccc23)c1. The van der Waals surface area contributed by atoms with Crippen molar-refractivity contribution in [2.24, 2.45) is 0 Å². The van der Waals surface area contributed by atoms with Crippen LogP contribution in [-0.4, -0.2) is 55.9 Å². The van der Waals surface area contributed by atoms with Crippen LogP contribution in [0, 0.1) is 0 Å². The van der Waals surface area contributed by atoms with E-state index in [9.17, 15) is 4.79 Å². The van der Waals surface area contributed by atoms with Crippen LogP contribution in [0.15, 0.2) is 79.0 Å². The molecule has 2 heterocycles. The minimum atomic E-state index is -0.161. The Hall–Kier alpha value is -3.77. The highest BCUT2D eigenvalue weighted by atomic mass is 16.5. The number of para-hydroxylation sites is 1. The second kappa shape index (κ2) is 10.9. The molecule has 6 nitrogen and oxygen atoms in total. The molecule has 5 rings (SSSR count). The number of ether oxygens (including phenoxy) is 3. The van der Waals surface area contributed by atoms with Gasteiger partial charge >= 0.3 is 0 Å². The molecular weight excluding hydrogens is 452 g/mol. The minimum absolute atomic E-state index is 0.130. The van der Waals surface area contributed by atoms with Crippen LogP contribution in [0.4, 0.5) is 0 Å². The summed E-state index contributed by atoms with van der Waals surface area (Å²) < 4.78 is 18.9. The van der Waals surface area contributed by atoms with Crippen LogP contribution in [0.2, 0.25) is 0 Å². The van der Waals surface area contributed by atoms with Crippen molar-refractivity contribution in [2.45, 2.75) is 18.9 Å². The van der Waals surface area contributed by atoms with Crippen molar-refractivity contribution >= 4 is 16.8 Å². The molecule has 1 aliphatic rings. The first-order chi connectivity index (χ1) is 17.7. The highest BCUT2D eigenvalue weighted by Crippen LogP contribution is 2.38. The van der Waals surface area contributed by atoms with Gasteiger partial charge in [-0.2, -0.15) is 0 Å². The molecule has 3 aromatic carbocycles. The molecule has 0 saturated carbocycles. The molecule has 1 atom stereocenters. The average molecular weight is 485 g/mol. The van der Waals surface area contributed by atoms with E-state index in [4.69, 9.17) is 14.2 Å². The number of carbonyl (C=O) groups excluding carboxylic acids is 1. The Balaban J connectivity index is 1.60. The van der Waals surface area contributed by atoms with Crippen LogP contribution in [0.5, 0.6) is 11.5 Å². The van der Waals surface area contributed by atoms with Crippen molar-refractivity contribution in [2.75, 3.05) is 40.5 Å². The van der Waals surface area contributed by atoms with Crippen LogP contribution in [0.3, 0.4) is 0 Å². The molecule has 4 aromatic rings. The molecule has 0 unspecified atom stereocenters. The zero-order valence-electron chi connectivity index (χ0n) is 20.9. The predicted octanol–water partition coefficient (Wildman–Crippen LogP) is 5.09. The van der Waals surface area contributed by atoms with Gasteiger partial charge in [0.1, 0.15) is 11.5 Å². The number of fused-ring (bicyclic) bond motifs is 1. The third kappa shape index (κ3) is 5.09. The quantitative estimate of drug-likeness (QED) is 0.350. The van der Waals surface area contributed by atoms with E-state index in [-0.39, 0.29) is 11.8 Å². The molecule has 1 saturated heterocycles. The van der Waals surface area contributed by atoms with Gasteiger partial charge in [-0.15, -0.1) is 0 Å². The fourth-order valence-corrected chi connectivity index (χ4v) is 5.02. The maximum atomic E-state index is 13.5. The van der Waals surface area contributed by atoms with Gasteiger partial charge in [-0.3, -0.25) is 4.79 Å². The van der Waals surface area contributed by atoms with E-state index in [0.717, 1.165) is 28.6 Å². The summed E-state index contributed by atoms with van der Waals surface area (Å²) in [4.78, 5) is 15.4. The molecule has 186 valence electrons. The van der Waals surface area contributed by atoms with Crippen LogP contribution in [0.1, 0.15) is 29.0 Å². The van der Waals surface area contributed by atoms with Crippen LogP contribution in [-0.2, 0) is 16.1 Å². The Labute approximate surface area is 212 Å². The molecule has 0 bridgehead atoms. The number of methoxy groups -OCH3 is 2. The van der Waals surface area contributed by atoms with Crippen molar-refractivity contribution in [1.82, 2.24) is 9.47 Å². The third-order valence-electron chi connectivity index (χ3n) is 6.91. The van der Waals surface area contributed by atoms with Crippen molar-refractivity contribution in [3.63, 3.8) is 0 Å². The Kier molecular flexibility index (Phi) is 7.23. The number of carbonyl (C=O) groups is 1. The van der Waals surface area contributed by atoms with E-state index in [2.05, 4.69) is 59.3 Å². The van der Waals surface area contributed by atoms with Gasteiger partial charge in [-0.1, -0.05) is 48.5 Å². The molecule has 0 spiro atoms. The summed E-state index contributed by atoms with van der Waals surface area (Å²) in [6.07, 6.45) is 2.57. The second-order valence-electron chi connectivity index (χ2n) is 9.11. The molecule has 36 heavy (non-hydrogen) atoms. The number of morpholine rings is 1. The number of hydrogen-bond donors (Lipinski definition) is 0. The first kappa shape index (κ1) is 23.9. The van der Waals surface area contributed by atoms with Gasteiger partial charge in [-0.05, 0) is 34.9 Å². The van der Waals surface area contributed by atoms with Gasteiger partial charge in [0, 0.05) is 55.1 Å². The largest absolute Gasteiger partial charge is 0.497 e. The summed E-state index contributed by atoms with van der Waals surface area (Å²) in [6, 6.07) is 24.8. The fourth-order valence-electron chi connectivity index (χ4n) is 5.02. The standard InChI is InChI=1S/C30H32N2O4/c1-34-24-16-23(17-25(18-24)35-2)27(19-30(33)31-12-14-36-15-13-31)28-21-32(20-22-8-4-3-5-9-22)29-11-7-6-10-26(28)29/h3-11,16-18,21,27H,12-15,19-20H2,1-2H3/t27-/m0/s1. The Morgan fingerprint density at radius 1 is 0.917 bits per heavy atom. The van der Waals surface area contributed by atoms with Crippen LogP contribution < -0.4 is 9.47 Å². The maximum Gasteiger partial charge on any atom is 0.223 e. The second-order valence-corrected chi connectivity index (χ2v) is 9.11. The fraction of sp³-hybridized carbons (Fsp3) is 0.300. The van der Waals surface area contributed by atoms with E-state index in [1.54, 1.807) is 14.2 Å². The topological polar surface area (TPSA) is 52.9 Å². The first-order valence-electron chi connectivity index (χ1n) is 12.4. The van der Waals surface area contributed by atoms with Gasteiger partial charge in [0.05, 0.1) is 27.4 Å². The third-order valence-corrected chi connectivity index (χ3v) is 6.91. The first-order valence-corrected chi connectivity index (χ1v) is 12.4. The zero-order valence-corrected chi connectivity index (χ0v) is 20.9. The lowest BCUT2D eigenvalue weighted by atomic mass is 9.87. The van der Waals surface area contributed by atoms with Gasteiger partial charge < -0.3 is 23.7 Å². The number of rotatable bonds is 8. The Bertz CT molecular complexity index is 1300. The highest BCUT2D eigenvalue weighted by Gasteiger charge is 2.27. The molecule has 0 radical (unpaired) electrons. The number of nitrogens with zero attached hydrogens (tertiary/aromatic N) is 2. The average Bonchev–Trinajstić information content (AvgIpc) is 3.30. The Morgan fingerprint density at radius 3 is 2.28 bits per heavy atom. The molecule has 0 aliphatic carbocycles. The maximum absolute atomic E-state index is 13.5. The van der Waals surface area contributed by atoms with Crippen molar-refractivity contribution in [1.29, 1.82) is 0 Å². The number of hydrogen-bond acceptors (Lipinski definition) is 4. The summed E-state index contributed by atoms with van der Waals surface area (Å²) in [6.45, 7) is 3.18. The van der Waals surface area contributed by atoms with E-state index in [1.807, 2.05) is 29.2 Å². The van der Waals surface area contributed by atoms with E-state index in [0.29, 0.717) is 44.2 Å². The summed E-state index contributed by atoms with van der Waals surface area (Å²) >= 11 is 0. The van der Waals surface area contributed by atoms with Gasteiger partial charge in [0.2, 0.25) is 5.91 Å². The van der Waals surface area contributed by atoms with E-state index < -0.39 is 0 Å². The van der Waals surface area contributed by atoms with Crippen molar-refractivity contribution < 1.29 is 19.0 Å². The summed E-state index contributed by atoms with van der Waals surface area (Å²) in [5.41, 5.74) is 4.50. The van der Waals surface area contributed by atoms with E-state index >= 15 is 0 Å². The zero-order chi connectivity index (χ0) is 24.9. The highest BCUT2D eigenvalue weighted by molar-refractivity contribution is 5.87. The molecule has 1 aliphatic heterocycles. The van der Waals surface area contributed by atoms with Crippen molar-refractivity contribution in [3.05, 3.63) is 95.7 Å². The van der Waals surface area contributed by atoms with Crippen LogP contribution >= 0.6 is 0 Å². The number of benzene rings is 3. The Morgan fingerprint density at radius 2 is 1.58 bits per heavy atom. The lowest BCUT2D eigenvalue weighted by molar-refractivity contribution is -0.135. The molecule has 1 aromatic heterocycles. The van der Waals surface area contributed by atoms with E-state index in [1.165, 1.54) is 5.56 Å². The summed E-state index contributed by atoms with van der Waals surface area (Å²) in [7, 11) is 3.30. The smallest absolute Gasteiger partial charge is 0.223 e. The molecule has 1 amide bonds. The lowest BCUT2D eigenvalue weighted by Gasteiger charge is -2.29. The number of aromatic nitrogens is 1. The summed E-state index contributed by atoms with van der Waals surface area (Å²) in [5.74, 6) is 1.39. The monoisotopic (exact) mass is 484 g/mol. The van der Waals surface area contributed by atoms with Gasteiger partial charge in [-0.25, -0.2) is 0 Å². The molecule has 6 heteroatoms. The minimum Gasteiger partial charge on any atom is -0.497 e. The lowest BCUT2D eigenvalue weighted by Crippen LogP contribution is -2.41. The number of amides is 1. The predicted molar refractivity (Wildman–Crippen MR) is 141 cm³/mol.